The third kappa shape index (κ3) is 2.94. The highest BCUT2D eigenvalue weighted by Gasteiger charge is 2.04. The van der Waals surface area contributed by atoms with Gasteiger partial charge in [-0.15, -0.1) is 21.5 Å². The van der Waals surface area contributed by atoms with E-state index in [0.29, 0.717) is 5.89 Å². The Balaban J connectivity index is 1.73. The molecule has 1 N–H and O–H groups in total. The van der Waals surface area contributed by atoms with Crippen molar-refractivity contribution < 1.29 is 4.42 Å². The highest BCUT2D eigenvalue weighted by atomic mass is 35.5. The first-order chi connectivity index (χ1) is 9.31. The highest BCUT2D eigenvalue weighted by Crippen LogP contribution is 2.23. The molecule has 0 saturated heterocycles. The van der Waals surface area contributed by atoms with Crippen LogP contribution in [0.5, 0.6) is 0 Å². The summed E-state index contributed by atoms with van der Waals surface area (Å²) in [4.78, 5) is 1.19. The first kappa shape index (κ1) is 12.2. The number of aromatic nitrogens is 2. The fourth-order valence-corrected chi connectivity index (χ4v) is 2.71. The second-order valence-corrected chi connectivity index (χ2v) is 5.34. The summed E-state index contributed by atoms with van der Waals surface area (Å²) in [7, 11) is 0. The van der Waals surface area contributed by atoms with Crippen molar-refractivity contribution in [1.82, 2.24) is 10.2 Å². The van der Waals surface area contributed by atoms with Gasteiger partial charge in [0, 0.05) is 28.1 Å². The van der Waals surface area contributed by atoms with Gasteiger partial charge in [-0.25, -0.2) is 0 Å². The first-order valence-electron chi connectivity index (χ1n) is 5.64. The van der Waals surface area contributed by atoms with Crippen molar-refractivity contribution in [3.8, 4) is 11.5 Å². The van der Waals surface area contributed by atoms with E-state index in [1.54, 1.807) is 11.3 Å². The van der Waals surface area contributed by atoms with Gasteiger partial charge in [-0.2, -0.15) is 0 Å². The van der Waals surface area contributed by atoms with Gasteiger partial charge in [-0.1, -0.05) is 17.7 Å². The molecular formula is C13H10ClN3OS. The van der Waals surface area contributed by atoms with Crippen molar-refractivity contribution in [3.63, 3.8) is 0 Å². The van der Waals surface area contributed by atoms with Crippen LogP contribution >= 0.6 is 22.9 Å². The zero-order chi connectivity index (χ0) is 13.1. The van der Waals surface area contributed by atoms with E-state index in [0.717, 1.165) is 22.8 Å². The van der Waals surface area contributed by atoms with Gasteiger partial charge < -0.3 is 9.73 Å². The number of benzene rings is 1. The van der Waals surface area contributed by atoms with Gasteiger partial charge in [0.05, 0.1) is 5.02 Å². The van der Waals surface area contributed by atoms with Crippen molar-refractivity contribution in [1.29, 1.82) is 0 Å². The average Bonchev–Trinajstić information content (AvgIpc) is 3.08. The summed E-state index contributed by atoms with van der Waals surface area (Å²) in [6, 6.07) is 9.81. The number of hydrogen-bond acceptors (Lipinski definition) is 5. The smallest absolute Gasteiger partial charge is 0.247 e. The van der Waals surface area contributed by atoms with Gasteiger partial charge >= 0.3 is 0 Å². The summed E-state index contributed by atoms with van der Waals surface area (Å²) < 4.78 is 5.18. The molecule has 3 rings (SSSR count). The third-order valence-corrected chi connectivity index (χ3v) is 3.84. The lowest BCUT2D eigenvalue weighted by Gasteiger charge is -2.05. The lowest BCUT2D eigenvalue weighted by Crippen LogP contribution is -1.97. The van der Waals surface area contributed by atoms with E-state index >= 15 is 0 Å². The Morgan fingerprint density at radius 2 is 2.26 bits per heavy atom. The molecule has 0 bridgehead atoms. The summed E-state index contributed by atoms with van der Waals surface area (Å²) in [6.07, 6.45) is 1.32. The predicted octanol–water partition coefficient (Wildman–Crippen LogP) is 4.06. The number of nitrogens with one attached hydrogen (secondary N) is 1. The summed E-state index contributed by atoms with van der Waals surface area (Å²) in [5.74, 6) is 0.516. The molecule has 1 aromatic carbocycles. The molecular weight excluding hydrogens is 282 g/mol. The average molecular weight is 292 g/mol. The molecule has 4 nitrogen and oxygen atoms in total. The zero-order valence-corrected chi connectivity index (χ0v) is 11.4. The molecule has 0 amide bonds. The Hall–Kier alpha value is -1.85. The minimum absolute atomic E-state index is 0.516. The molecule has 0 fully saturated rings. The molecule has 19 heavy (non-hydrogen) atoms. The molecule has 0 unspecified atom stereocenters. The Morgan fingerprint density at radius 1 is 1.32 bits per heavy atom. The molecule has 0 aliphatic rings. The molecule has 0 radical (unpaired) electrons. The maximum absolute atomic E-state index is 5.89. The van der Waals surface area contributed by atoms with Crippen LogP contribution in [-0.2, 0) is 6.54 Å². The second-order valence-electron chi connectivity index (χ2n) is 3.91. The highest BCUT2D eigenvalue weighted by molar-refractivity contribution is 7.10. The molecule has 3 aromatic rings. The van der Waals surface area contributed by atoms with Crippen LogP contribution in [0.15, 0.2) is 46.5 Å². The van der Waals surface area contributed by atoms with E-state index in [-0.39, 0.29) is 0 Å². The molecule has 2 heterocycles. The van der Waals surface area contributed by atoms with Gasteiger partial charge in [0.2, 0.25) is 12.3 Å². The predicted molar refractivity (Wildman–Crippen MR) is 76.4 cm³/mol. The number of nitrogens with zero attached hydrogens (tertiary/aromatic N) is 2. The maximum atomic E-state index is 5.89. The van der Waals surface area contributed by atoms with E-state index in [2.05, 4.69) is 15.5 Å². The second kappa shape index (κ2) is 5.42. The number of hydrogen-bond donors (Lipinski definition) is 1. The largest absolute Gasteiger partial charge is 0.423 e. The van der Waals surface area contributed by atoms with Crippen molar-refractivity contribution in [3.05, 3.63) is 52.0 Å². The molecule has 6 heteroatoms. The topological polar surface area (TPSA) is 51.0 Å². The van der Waals surface area contributed by atoms with Gasteiger partial charge in [0.15, 0.2) is 0 Å². The van der Waals surface area contributed by atoms with Crippen molar-refractivity contribution >= 4 is 28.6 Å². The quantitative estimate of drug-likeness (QED) is 0.787. The van der Waals surface area contributed by atoms with Crippen LogP contribution in [0, 0.1) is 0 Å². The fraction of sp³-hybridized carbons (Fsp3) is 0.0769. The van der Waals surface area contributed by atoms with Crippen LogP contribution in [0.4, 0.5) is 5.69 Å². The minimum Gasteiger partial charge on any atom is -0.423 e. The molecule has 0 saturated carbocycles. The molecule has 0 aliphatic carbocycles. The first-order valence-corrected chi connectivity index (χ1v) is 6.90. The van der Waals surface area contributed by atoms with Crippen LogP contribution in [0.2, 0.25) is 5.02 Å². The van der Waals surface area contributed by atoms with Crippen molar-refractivity contribution in [2.24, 2.45) is 0 Å². The number of anilines is 1. The molecule has 0 atom stereocenters. The SMILES string of the molecule is Clc1csc(CNc2cccc(-c3nnco3)c2)c1. The van der Waals surface area contributed by atoms with Crippen LogP contribution < -0.4 is 5.32 Å². The lowest BCUT2D eigenvalue weighted by atomic mass is 10.2. The maximum Gasteiger partial charge on any atom is 0.247 e. The lowest BCUT2D eigenvalue weighted by molar-refractivity contribution is 0.568. The van der Waals surface area contributed by atoms with Gasteiger partial charge in [0.1, 0.15) is 0 Å². The molecule has 0 aliphatic heterocycles. The summed E-state index contributed by atoms with van der Waals surface area (Å²) in [6.45, 7) is 0.741. The Morgan fingerprint density at radius 3 is 3.00 bits per heavy atom. The Labute approximate surface area is 119 Å². The number of rotatable bonds is 4. The van der Waals surface area contributed by atoms with Crippen molar-refractivity contribution in [2.45, 2.75) is 6.54 Å². The van der Waals surface area contributed by atoms with Gasteiger partial charge in [0.25, 0.3) is 0 Å². The van der Waals surface area contributed by atoms with E-state index in [1.807, 2.05) is 35.7 Å². The number of halogens is 1. The van der Waals surface area contributed by atoms with Gasteiger partial charge in [-0.3, -0.25) is 0 Å². The van der Waals surface area contributed by atoms with E-state index in [4.69, 9.17) is 16.0 Å². The van der Waals surface area contributed by atoms with E-state index in [1.165, 1.54) is 11.3 Å². The standard InChI is InChI=1S/C13H10ClN3OS/c14-10-5-12(19-7-10)6-15-11-3-1-2-9(4-11)13-17-16-8-18-13/h1-5,7-8,15H,6H2. The van der Waals surface area contributed by atoms with E-state index < -0.39 is 0 Å². The van der Waals surface area contributed by atoms with Crippen molar-refractivity contribution in [2.75, 3.05) is 5.32 Å². The number of thiophene rings is 1. The Kier molecular flexibility index (Phi) is 3.48. The fourth-order valence-electron chi connectivity index (χ4n) is 1.70. The molecule has 96 valence electrons. The molecule has 0 spiro atoms. The monoisotopic (exact) mass is 291 g/mol. The van der Waals surface area contributed by atoms with Crippen LogP contribution in [0.25, 0.3) is 11.5 Å². The van der Waals surface area contributed by atoms with Gasteiger partial charge in [-0.05, 0) is 24.3 Å². The summed E-state index contributed by atoms with van der Waals surface area (Å²) in [5, 5.41) is 13.6. The minimum atomic E-state index is 0.516. The Bertz CT molecular complexity index is 666. The van der Waals surface area contributed by atoms with E-state index in [9.17, 15) is 0 Å². The van der Waals surface area contributed by atoms with Crippen LogP contribution in [0.1, 0.15) is 4.88 Å². The summed E-state index contributed by atoms with van der Waals surface area (Å²) >= 11 is 7.53. The summed E-state index contributed by atoms with van der Waals surface area (Å²) in [5.41, 5.74) is 1.90. The van der Waals surface area contributed by atoms with Crippen LogP contribution in [0.3, 0.4) is 0 Å². The normalized spacial score (nSPS) is 10.6. The van der Waals surface area contributed by atoms with Crippen LogP contribution in [-0.4, -0.2) is 10.2 Å². The third-order valence-electron chi connectivity index (χ3n) is 2.56. The molecule has 2 aromatic heterocycles. The zero-order valence-electron chi connectivity index (χ0n) is 9.84.